The molecule has 0 aromatic heterocycles. The lowest BCUT2D eigenvalue weighted by Gasteiger charge is -2.18. The molecule has 116 valence electrons. The number of rotatable bonds is 5. The van der Waals surface area contributed by atoms with Gasteiger partial charge in [0.25, 0.3) is 0 Å². The van der Waals surface area contributed by atoms with Crippen LogP contribution in [0.2, 0.25) is 0 Å². The Kier molecular flexibility index (Phi) is 5.15. The Morgan fingerprint density at radius 3 is 2.36 bits per heavy atom. The first kappa shape index (κ1) is 16.0. The first-order valence-electron chi connectivity index (χ1n) is 7.21. The van der Waals surface area contributed by atoms with E-state index < -0.39 is 5.82 Å². The number of carbonyl (C=O) groups is 1. The molecule has 4 heteroatoms. The van der Waals surface area contributed by atoms with E-state index in [1.54, 1.807) is 25.2 Å². The number of hydrogen-bond acceptors (Lipinski definition) is 2. The minimum absolute atomic E-state index is 0.184. The molecular formula is C18H20FNO2. The van der Waals surface area contributed by atoms with Gasteiger partial charge in [-0.15, -0.1) is 0 Å². The van der Waals surface area contributed by atoms with Crippen LogP contribution in [0.25, 0.3) is 0 Å². The van der Waals surface area contributed by atoms with Gasteiger partial charge in [-0.2, -0.15) is 0 Å². The smallest absolute Gasteiger partial charge is 0.230 e. The molecule has 0 N–H and O–H groups in total. The Labute approximate surface area is 130 Å². The Hall–Kier alpha value is -2.36. The van der Waals surface area contributed by atoms with Gasteiger partial charge in [0.15, 0.2) is 0 Å². The lowest BCUT2D eigenvalue weighted by Crippen LogP contribution is -2.28. The van der Waals surface area contributed by atoms with E-state index in [-0.39, 0.29) is 24.6 Å². The predicted molar refractivity (Wildman–Crippen MR) is 85.8 cm³/mol. The third kappa shape index (κ3) is 3.64. The molecule has 0 aliphatic carbocycles. The maximum absolute atomic E-state index is 13.7. The van der Waals surface area contributed by atoms with Gasteiger partial charge in [-0.3, -0.25) is 4.79 Å². The molecule has 3 nitrogen and oxygen atoms in total. The average molecular weight is 301 g/mol. The molecule has 0 bridgehead atoms. The van der Waals surface area contributed by atoms with Crippen molar-refractivity contribution in [1.82, 2.24) is 0 Å². The summed E-state index contributed by atoms with van der Waals surface area (Å²) in [7, 11) is 1.57. The highest BCUT2D eigenvalue weighted by Gasteiger charge is 2.14. The molecule has 22 heavy (non-hydrogen) atoms. The molecule has 0 spiro atoms. The van der Waals surface area contributed by atoms with Crippen LogP contribution in [0.1, 0.15) is 17.5 Å². The number of nitrogens with zero attached hydrogens (tertiary/aromatic N) is 1. The normalized spacial score (nSPS) is 10.4. The maximum atomic E-state index is 13.7. The van der Waals surface area contributed by atoms with Crippen LogP contribution < -0.4 is 9.64 Å². The lowest BCUT2D eigenvalue weighted by molar-refractivity contribution is -0.118. The quantitative estimate of drug-likeness (QED) is 0.839. The van der Waals surface area contributed by atoms with Crippen molar-refractivity contribution in [2.24, 2.45) is 0 Å². The zero-order valence-electron chi connectivity index (χ0n) is 13.1. The Balaban J connectivity index is 1.95. The van der Waals surface area contributed by atoms with Crippen LogP contribution in [-0.4, -0.2) is 19.6 Å². The largest absolute Gasteiger partial charge is 0.493 e. The second-order valence-electron chi connectivity index (χ2n) is 5.22. The summed E-state index contributed by atoms with van der Waals surface area (Å²) in [5.41, 5.74) is 2.35. The number of anilines is 1. The van der Waals surface area contributed by atoms with Crippen molar-refractivity contribution in [1.29, 1.82) is 0 Å². The van der Waals surface area contributed by atoms with Gasteiger partial charge in [0.1, 0.15) is 11.6 Å². The average Bonchev–Trinajstić information content (AvgIpc) is 2.50. The Morgan fingerprint density at radius 1 is 1.09 bits per heavy atom. The number of halogens is 1. The molecule has 0 saturated carbocycles. The standard InChI is InChI=1S/C18H20FNO2/c1-13-7-6-8-14(2)18(13)22-12-11-17(21)20(3)16-10-5-4-9-15(16)19/h4-10H,11-12H2,1-3H3. The zero-order chi connectivity index (χ0) is 16.1. The summed E-state index contributed by atoms with van der Waals surface area (Å²) in [6.07, 6.45) is 0.193. The van der Waals surface area contributed by atoms with Crippen LogP contribution in [0.15, 0.2) is 42.5 Å². The van der Waals surface area contributed by atoms with Gasteiger partial charge < -0.3 is 9.64 Å². The molecular weight excluding hydrogens is 281 g/mol. The summed E-state index contributed by atoms with van der Waals surface area (Å²) >= 11 is 0. The van der Waals surface area contributed by atoms with Crippen molar-refractivity contribution >= 4 is 11.6 Å². The summed E-state index contributed by atoms with van der Waals surface area (Å²) < 4.78 is 19.4. The van der Waals surface area contributed by atoms with Crippen LogP contribution in [0.4, 0.5) is 10.1 Å². The first-order chi connectivity index (χ1) is 10.5. The topological polar surface area (TPSA) is 29.5 Å². The van der Waals surface area contributed by atoms with Gasteiger partial charge in [0.2, 0.25) is 5.91 Å². The van der Waals surface area contributed by atoms with Gasteiger partial charge >= 0.3 is 0 Å². The van der Waals surface area contributed by atoms with Gasteiger partial charge in [-0.05, 0) is 37.1 Å². The molecule has 0 unspecified atom stereocenters. The highest BCUT2D eigenvalue weighted by Crippen LogP contribution is 2.23. The predicted octanol–water partition coefficient (Wildman–Crippen LogP) is 3.87. The van der Waals surface area contributed by atoms with Gasteiger partial charge in [0, 0.05) is 7.05 Å². The monoisotopic (exact) mass is 301 g/mol. The van der Waals surface area contributed by atoms with Crippen molar-refractivity contribution in [2.75, 3.05) is 18.6 Å². The molecule has 2 rings (SSSR count). The summed E-state index contributed by atoms with van der Waals surface area (Å²) in [5, 5.41) is 0. The van der Waals surface area contributed by atoms with E-state index >= 15 is 0 Å². The summed E-state index contributed by atoms with van der Waals surface area (Å²) in [6, 6.07) is 12.1. The summed E-state index contributed by atoms with van der Waals surface area (Å²) in [6.45, 7) is 4.20. The third-order valence-electron chi connectivity index (χ3n) is 3.56. The minimum atomic E-state index is -0.408. The molecule has 0 atom stereocenters. The summed E-state index contributed by atoms with van der Waals surface area (Å²) in [4.78, 5) is 13.5. The second-order valence-corrected chi connectivity index (χ2v) is 5.22. The van der Waals surface area contributed by atoms with Crippen molar-refractivity contribution < 1.29 is 13.9 Å². The molecule has 0 aliphatic heterocycles. The highest BCUT2D eigenvalue weighted by molar-refractivity contribution is 5.92. The van der Waals surface area contributed by atoms with Crippen LogP contribution in [0.5, 0.6) is 5.75 Å². The highest BCUT2D eigenvalue weighted by atomic mass is 19.1. The molecule has 0 heterocycles. The van der Waals surface area contributed by atoms with E-state index in [4.69, 9.17) is 4.74 Å². The van der Waals surface area contributed by atoms with E-state index in [1.165, 1.54) is 11.0 Å². The van der Waals surface area contributed by atoms with Crippen LogP contribution in [0, 0.1) is 19.7 Å². The molecule has 2 aromatic carbocycles. The van der Waals surface area contributed by atoms with Gasteiger partial charge in [0.05, 0.1) is 18.7 Å². The lowest BCUT2D eigenvalue weighted by atomic mass is 10.1. The summed E-state index contributed by atoms with van der Waals surface area (Å²) in [5.74, 6) is 0.217. The van der Waals surface area contributed by atoms with E-state index in [0.717, 1.165) is 16.9 Å². The van der Waals surface area contributed by atoms with E-state index in [9.17, 15) is 9.18 Å². The SMILES string of the molecule is Cc1cccc(C)c1OCCC(=O)N(C)c1ccccc1F. The van der Waals surface area contributed by atoms with E-state index in [1.807, 2.05) is 32.0 Å². The van der Waals surface area contributed by atoms with E-state index in [0.29, 0.717) is 0 Å². The van der Waals surface area contributed by atoms with Crippen LogP contribution in [-0.2, 0) is 4.79 Å². The van der Waals surface area contributed by atoms with Gasteiger partial charge in [-0.25, -0.2) is 4.39 Å². The van der Waals surface area contributed by atoms with Crippen molar-refractivity contribution in [3.8, 4) is 5.75 Å². The second kappa shape index (κ2) is 7.07. The van der Waals surface area contributed by atoms with Gasteiger partial charge in [-0.1, -0.05) is 30.3 Å². The van der Waals surface area contributed by atoms with Crippen LogP contribution in [0.3, 0.4) is 0 Å². The maximum Gasteiger partial charge on any atom is 0.230 e. The first-order valence-corrected chi connectivity index (χ1v) is 7.21. The molecule has 2 aromatic rings. The van der Waals surface area contributed by atoms with Crippen LogP contribution >= 0.6 is 0 Å². The third-order valence-corrected chi connectivity index (χ3v) is 3.56. The fraction of sp³-hybridized carbons (Fsp3) is 0.278. The molecule has 1 amide bonds. The number of amides is 1. The molecule has 0 aliphatic rings. The fourth-order valence-corrected chi connectivity index (χ4v) is 2.29. The number of benzene rings is 2. The number of hydrogen-bond donors (Lipinski definition) is 0. The Morgan fingerprint density at radius 2 is 1.73 bits per heavy atom. The van der Waals surface area contributed by atoms with Crippen molar-refractivity contribution in [3.63, 3.8) is 0 Å². The van der Waals surface area contributed by atoms with E-state index in [2.05, 4.69) is 0 Å². The van der Waals surface area contributed by atoms with Crippen molar-refractivity contribution in [3.05, 3.63) is 59.4 Å². The Bertz CT molecular complexity index is 650. The number of carbonyl (C=O) groups excluding carboxylic acids is 1. The molecule has 0 radical (unpaired) electrons. The van der Waals surface area contributed by atoms with Crippen molar-refractivity contribution in [2.45, 2.75) is 20.3 Å². The number of para-hydroxylation sites is 2. The molecule has 0 fully saturated rings. The number of aryl methyl sites for hydroxylation is 2. The zero-order valence-corrected chi connectivity index (χ0v) is 13.1. The fourth-order valence-electron chi connectivity index (χ4n) is 2.29. The minimum Gasteiger partial charge on any atom is -0.493 e. The number of ether oxygens (including phenoxy) is 1. The molecule has 0 saturated heterocycles.